The van der Waals surface area contributed by atoms with Crippen molar-refractivity contribution < 1.29 is 22.0 Å². The summed E-state index contributed by atoms with van der Waals surface area (Å²) in [6.07, 6.45) is 0.242. The summed E-state index contributed by atoms with van der Waals surface area (Å²) in [7, 11) is -3.29. The number of hydrogen-bond acceptors (Lipinski definition) is 5. The third-order valence-electron chi connectivity index (χ3n) is 5.11. The van der Waals surface area contributed by atoms with E-state index in [0.717, 1.165) is 6.07 Å². The first-order valence-electron chi connectivity index (χ1n) is 9.22. The smallest absolute Gasteiger partial charge is 0.290 e. The summed E-state index contributed by atoms with van der Waals surface area (Å²) in [6, 6.07) is 11.3. The zero-order chi connectivity index (χ0) is 21.5. The minimum Gasteiger partial charge on any atom is -0.451 e. The molecule has 2 heterocycles. The number of benzene rings is 2. The molecule has 4 rings (SSSR count). The van der Waals surface area contributed by atoms with Gasteiger partial charge in [-0.2, -0.15) is 0 Å². The Labute approximate surface area is 180 Å². The van der Waals surface area contributed by atoms with Crippen LogP contribution in [0.3, 0.4) is 0 Å². The van der Waals surface area contributed by atoms with E-state index in [-0.39, 0.29) is 41.4 Å². The molecule has 1 atom stereocenters. The molecule has 1 amide bonds. The molecular formula is C21H17BrFNO5S. The van der Waals surface area contributed by atoms with Gasteiger partial charge in [0.25, 0.3) is 5.91 Å². The highest BCUT2D eigenvalue weighted by Gasteiger charge is 2.36. The van der Waals surface area contributed by atoms with E-state index in [9.17, 15) is 22.4 Å². The number of fused-ring (bicyclic) bond motifs is 1. The molecule has 1 saturated heterocycles. The van der Waals surface area contributed by atoms with Gasteiger partial charge in [-0.3, -0.25) is 9.59 Å². The molecule has 1 aliphatic rings. The van der Waals surface area contributed by atoms with Crippen LogP contribution < -0.4 is 5.43 Å². The maximum absolute atomic E-state index is 14.2. The van der Waals surface area contributed by atoms with Crippen molar-refractivity contribution in [2.24, 2.45) is 0 Å². The maximum Gasteiger partial charge on any atom is 0.290 e. The summed E-state index contributed by atoms with van der Waals surface area (Å²) in [5.41, 5.74) is 0.0862. The average molecular weight is 494 g/mol. The van der Waals surface area contributed by atoms with Gasteiger partial charge in [0.1, 0.15) is 11.4 Å². The summed E-state index contributed by atoms with van der Waals surface area (Å²) < 4.78 is 44.6. The lowest BCUT2D eigenvalue weighted by atomic mass is 10.1. The molecule has 0 spiro atoms. The van der Waals surface area contributed by atoms with Crippen LogP contribution in [0.4, 0.5) is 4.39 Å². The van der Waals surface area contributed by atoms with Crippen LogP contribution in [0.5, 0.6) is 0 Å². The Morgan fingerprint density at radius 1 is 1.20 bits per heavy atom. The van der Waals surface area contributed by atoms with Crippen molar-refractivity contribution in [3.05, 3.63) is 80.4 Å². The molecule has 2 aromatic carbocycles. The summed E-state index contributed by atoms with van der Waals surface area (Å²) >= 11 is 3.30. The molecule has 1 aromatic heterocycles. The normalized spacial score (nSPS) is 17.9. The average Bonchev–Trinajstić information content (AvgIpc) is 3.06. The predicted molar refractivity (Wildman–Crippen MR) is 114 cm³/mol. The van der Waals surface area contributed by atoms with Crippen molar-refractivity contribution in [3.8, 4) is 0 Å². The van der Waals surface area contributed by atoms with Crippen LogP contribution in [0.1, 0.15) is 22.5 Å². The fourth-order valence-corrected chi connectivity index (χ4v) is 5.64. The zero-order valence-corrected chi connectivity index (χ0v) is 18.1. The third kappa shape index (κ3) is 4.17. The number of sulfone groups is 1. The van der Waals surface area contributed by atoms with Crippen LogP contribution in [0.15, 0.2) is 62.2 Å². The highest BCUT2D eigenvalue weighted by molar-refractivity contribution is 9.10. The molecule has 1 aliphatic heterocycles. The Bertz CT molecular complexity index is 1300. The molecule has 0 saturated carbocycles. The van der Waals surface area contributed by atoms with E-state index in [4.69, 9.17) is 4.42 Å². The number of halogens is 2. The van der Waals surface area contributed by atoms with Crippen LogP contribution in [-0.2, 0) is 16.4 Å². The molecular weight excluding hydrogens is 477 g/mol. The number of rotatable bonds is 4. The van der Waals surface area contributed by atoms with Gasteiger partial charge in [-0.25, -0.2) is 12.8 Å². The molecule has 30 heavy (non-hydrogen) atoms. The number of amides is 1. The zero-order valence-electron chi connectivity index (χ0n) is 15.7. The summed E-state index contributed by atoms with van der Waals surface area (Å²) in [5, 5.41) is 0.318. The third-order valence-corrected chi connectivity index (χ3v) is 7.35. The Kier molecular flexibility index (Phi) is 5.50. The van der Waals surface area contributed by atoms with Crippen LogP contribution >= 0.6 is 15.9 Å². The highest BCUT2D eigenvalue weighted by atomic mass is 79.9. The maximum atomic E-state index is 14.2. The minimum atomic E-state index is -3.29. The second-order valence-electron chi connectivity index (χ2n) is 7.20. The summed E-state index contributed by atoms with van der Waals surface area (Å²) in [5.74, 6) is -1.63. The van der Waals surface area contributed by atoms with E-state index in [0.29, 0.717) is 9.86 Å². The van der Waals surface area contributed by atoms with Crippen molar-refractivity contribution in [1.82, 2.24) is 4.90 Å². The molecule has 3 aromatic rings. The van der Waals surface area contributed by atoms with Gasteiger partial charge in [-0.05, 0) is 30.7 Å². The van der Waals surface area contributed by atoms with Crippen LogP contribution in [-0.4, -0.2) is 36.8 Å². The van der Waals surface area contributed by atoms with Gasteiger partial charge in [0.2, 0.25) is 0 Å². The van der Waals surface area contributed by atoms with Crippen molar-refractivity contribution >= 4 is 42.6 Å². The molecule has 0 radical (unpaired) electrons. The van der Waals surface area contributed by atoms with Crippen LogP contribution in [0, 0.1) is 5.82 Å². The second-order valence-corrected chi connectivity index (χ2v) is 10.3. The van der Waals surface area contributed by atoms with Gasteiger partial charge >= 0.3 is 0 Å². The molecule has 0 bridgehead atoms. The number of carbonyl (C=O) groups is 1. The van der Waals surface area contributed by atoms with E-state index in [1.165, 1.54) is 23.1 Å². The van der Waals surface area contributed by atoms with Gasteiger partial charge in [0.05, 0.1) is 16.9 Å². The standard InChI is InChI=1S/C21H17BrFNO5S/c22-14-5-6-16-18(25)10-20(29-19(16)9-14)21(26)24(15-7-8-30(27,28)12-15)11-13-3-1-2-4-17(13)23/h1-6,9-10,15H,7-8,11-12H2. The van der Waals surface area contributed by atoms with Crippen molar-refractivity contribution in [2.75, 3.05) is 11.5 Å². The fourth-order valence-electron chi connectivity index (χ4n) is 3.57. The topological polar surface area (TPSA) is 84.7 Å². The van der Waals surface area contributed by atoms with E-state index in [1.54, 1.807) is 24.3 Å². The first kappa shape index (κ1) is 20.7. The van der Waals surface area contributed by atoms with Gasteiger partial charge in [-0.1, -0.05) is 34.1 Å². The fraction of sp³-hybridized carbons (Fsp3) is 0.238. The molecule has 0 aliphatic carbocycles. The SMILES string of the molecule is O=C(c1cc(=O)c2ccc(Br)cc2o1)N(Cc1ccccc1F)C1CCS(=O)(=O)C1. The molecule has 9 heteroatoms. The minimum absolute atomic E-state index is 0.0483. The number of hydrogen-bond donors (Lipinski definition) is 0. The van der Waals surface area contributed by atoms with Crippen LogP contribution in [0.25, 0.3) is 11.0 Å². The Morgan fingerprint density at radius 3 is 2.67 bits per heavy atom. The molecule has 0 N–H and O–H groups in total. The molecule has 1 fully saturated rings. The largest absolute Gasteiger partial charge is 0.451 e. The van der Waals surface area contributed by atoms with Gasteiger partial charge in [0.15, 0.2) is 21.0 Å². The molecule has 156 valence electrons. The van der Waals surface area contributed by atoms with E-state index in [2.05, 4.69) is 15.9 Å². The summed E-state index contributed by atoms with van der Waals surface area (Å²) in [6.45, 7) is -0.133. The van der Waals surface area contributed by atoms with E-state index >= 15 is 0 Å². The first-order chi connectivity index (χ1) is 14.2. The number of nitrogens with zero attached hydrogens (tertiary/aromatic N) is 1. The second kappa shape index (κ2) is 7.96. The lowest BCUT2D eigenvalue weighted by Gasteiger charge is -2.28. The molecule has 1 unspecified atom stereocenters. The van der Waals surface area contributed by atoms with Gasteiger partial charge in [0, 0.05) is 28.7 Å². The lowest BCUT2D eigenvalue weighted by molar-refractivity contribution is 0.0646. The monoisotopic (exact) mass is 493 g/mol. The Balaban J connectivity index is 1.76. The quantitative estimate of drug-likeness (QED) is 0.554. The van der Waals surface area contributed by atoms with Crippen molar-refractivity contribution in [1.29, 1.82) is 0 Å². The van der Waals surface area contributed by atoms with E-state index in [1.807, 2.05) is 0 Å². The number of carbonyl (C=O) groups excluding carboxylic acids is 1. The van der Waals surface area contributed by atoms with Crippen LogP contribution in [0.2, 0.25) is 0 Å². The van der Waals surface area contributed by atoms with Gasteiger partial charge in [-0.15, -0.1) is 0 Å². The van der Waals surface area contributed by atoms with E-state index < -0.39 is 33.0 Å². The van der Waals surface area contributed by atoms with Crippen molar-refractivity contribution in [3.63, 3.8) is 0 Å². The predicted octanol–water partition coefficient (Wildman–Crippen LogP) is 3.52. The first-order valence-corrected chi connectivity index (χ1v) is 11.8. The molecule has 6 nitrogen and oxygen atoms in total. The Hall–Kier alpha value is -2.52. The van der Waals surface area contributed by atoms with Gasteiger partial charge < -0.3 is 9.32 Å². The lowest BCUT2D eigenvalue weighted by Crippen LogP contribution is -2.41. The highest BCUT2D eigenvalue weighted by Crippen LogP contribution is 2.25. The van der Waals surface area contributed by atoms with Crippen molar-refractivity contribution in [2.45, 2.75) is 19.0 Å². The Morgan fingerprint density at radius 2 is 1.97 bits per heavy atom. The summed E-state index contributed by atoms with van der Waals surface area (Å²) in [4.78, 5) is 27.1.